The Morgan fingerprint density at radius 1 is 1.54 bits per heavy atom. The molecule has 1 aliphatic rings. The highest BCUT2D eigenvalue weighted by Gasteiger charge is 2.34. The van der Waals surface area contributed by atoms with Gasteiger partial charge < -0.3 is 19.8 Å². The van der Waals surface area contributed by atoms with E-state index in [-0.39, 0.29) is 23.3 Å². The Balaban J connectivity index is 2.05. The molecule has 1 amide bonds. The molecule has 0 radical (unpaired) electrons. The molecule has 1 aromatic heterocycles. The average molecular weight is 357 g/mol. The number of aromatic nitrogens is 1. The highest BCUT2D eigenvalue weighted by atomic mass is 32.2. The zero-order valence-electron chi connectivity index (χ0n) is 13.3. The summed E-state index contributed by atoms with van der Waals surface area (Å²) >= 11 is 0. The Hall–Kier alpha value is -2.23. The molecule has 0 unspecified atom stereocenters. The predicted molar refractivity (Wildman–Crippen MR) is 85.4 cm³/mol. The molecule has 0 N–H and O–H groups in total. The van der Waals surface area contributed by atoms with Gasteiger partial charge in [0.2, 0.25) is 5.75 Å². The van der Waals surface area contributed by atoms with E-state index >= 15 is 0 Å². The largest absolute Gasteiger partial charge is 0.476 e. The number of carbonyl (C=O) groups excluding carboxylic acids is 1. The molecular formula is C14H19N3O6S. The molecule has 0 saturated carbocycles. The number of ether oxygens (including phenoxy) is 1. The van der Waals surface area contributed by atoms with E-state index in [1.165, 1.54) is 23.2 Å². The minimum absolute atomic E-state index is 0.0498. The van der Waals surface area contributed by atoms with Crippen molar-refractivity contribution in [2.24, 2.45) is 0 Å². The molecule has 0 aliphatic carbocycles. The maximum atomic E-state index is 12.4. The number of nitro groups is 1. The smallest absolute Gasteiger partial charge is 0.406 e. The van der Waals surface area contributed by atoms with Gasteiger partial charge in [-0.25, -0.2) is 8.42 Å². The zero-order valence-corrected chi connectivity index (χ0v) is 14.1. The van der Waals surface area contributed by atoms with Gasteiger partial charge in [0.1, 0.15) is 6.20 Å². The molecule has 1 fully saturated rings. The number of nitrogens with zero attached hydrogens (tertiary/aromatic N) is 3. The first kappa shape index (κ1) is 18.1. The summed E-state index contributed by atoms with van der Waals surface area (Å²) in [6.45, 7) is 1.90. The van der Waals surface area contributed by atoms with Crippen LogP contribution < -0.4 is 4.74 Å². The fourth-order valence-corrected chi connectivity index (χ4v) is 4.36. The molecule has 1 saturated heterocycles. The fraction of sp³-hybridized carbons (Fsp3) is 0.571. The lowest BCUT2D eigenvalue weighted by molar-refractivity contribution is -0.390. The van der Waals surface area contributed by atoms with Gasteiger partial charge in [0, 0.05) is 12.6 Å². The lowest BCUT2D eigenvalue weighted by atomic mass is 10.2. The maximum Gasteiger partial charge on any atom is 0.406 e. The van der Waals surface area contributed by atoms with Crippen molar-refractivity contribution in [3.05, 3.63) is 28.4 Å². The molecule has 132 valence electrons. The average Bonchev–Trinajstić information content (AvgIpc) is 2.90. The number of hydrogen-bond donors (Lipinski definition) is 0. The Morgan fingerprint density at radius 2 is 2.29 bits per heavy atom. The van der Waals surface area contributed by atoms with Gasteiger partial charge in [-0.05, 0) is 34.9 Å². The highest BCUT2D eigenvalue weighted by molar-refractivity contribution is 7.91. The van der Waals surface area contributed by atoms with E-state index in [4.69, 9.17) is 4.74 Å². The Labute approximate surface area is 139 Å². The minimum atomic E-state index is -3.11. The van der Waals surface area contributed by atoms with E-state index < -0.39 is 33.1 Å². The molecular weight excluding hydrogens is 338 g/mol. The van der Waals surface area contributed by atoms with Crippen molar-refractivity contribution in [1.82, 2.24) is 9.88 Å². The Morgan fingerprint density at radius 3 is 2.88 bits per heavy atom. The number of hydrogen-bond acceptors (Lipinski definition) is 7. The number of amides is 1. The van der Waals surface area contributed by atoms with Crippen LogP contribution in [0.4, 0.5) is 5.82 Å². The summed E-state index contributed by atoms with van der Waals surface area (Å²) in [5, 5.41) is 10.9. The quantitative estimate of drug-likeness (QED) is 0.522. The van der Waals surface area contributed by atoms with Crippen LogP contribution in [0.5, 0.6) is 5.75 Å². The first-order chi connectivity index (χ1) is 11.3. The lowest BCUT2D eigenvalue weighted by Crippen LogP contribution is -2.44. The van der Waals surface area contributed by atoms with Crippen LogP contribution in [0.1, 0.15) is 19.8 Å². The van der Waals surface area contributed by atoms with Gasteiger partial charge in [0.25, 0.3) is 5.91 Å². The van der Waals surface area contributed by atoms with Crippen LogP contribution >= 0.6 is 0 Å². The van der Waals surface area contributed by atoms with E-state index in [1.54, 1.807) is 0 Å². The molecule has 0 spiro atoms. The van der Waals surface area contributed by atoms with Gasteiger partial charge in [-0.15, -0.1) is 0 Å². The third-order valence-electron chi connectivity index (χ3n) is 3.71. The van der Waals surface area contributed by atoms with Crippen LogP contribution in [0.25, 0.3) is 0 Å². The molecule has 2 rings (SSSR count). The van der Waals surface area contributed by atoms with Crippen LogP contribution in [-0.4, -0.2) is 59.8 Å². The van der Waals surface area contributed by atoms with Crippen molar-refractivity contribution in [2.75, 3.05) is 24.7 Å². The van der Waals surface area contributed by atoms with Crippen molar-refractivity contribution >= 4 is 21.6 Å². The second-order valence-corrected chi connectivity index (χ2v) is 7.74. The topological polar surface area (TPSA) is 120 Å². The van der Waals surface area contributed by atoms with Crippen molar-refractivity contribution in [2.45, 2.75) is 25.8 Å². The SMILES string of the molecule is CCCN(C(=O)COc1cccnc1[N+](=O)[O-])[C@@H]1CCS(=O)(=O)C1. The lowest BCUT2D eigenvalue weighted by Gasteiger charge is -2.27. The summed E-state index contributed by atoms with van der Waals surface area (Å²) in [5.41, 5.74) is 0. The second-order valence-electron chi connectivity index (χ2n) is 5.51. The van der Waals surface area contributed by atoms with Gasteiger partial charge in [-0.1, -0.05) is 6.92 Å². The minimum Gasteiger partial charge on any atom is -0.476 e. The van der Waals surface area contributed by atoms with Crippen molar-refractivity contribution in [1.29, 1.82) is 0 Å². The number of carbonyl (C=O) groups is 1. The number of pyridine rings is 1. The van der Waals surface area contributed by atoms with E-state index in [9.17, 15) is 23.3 Å². The van der Waals surface area contributed by atoms with Gasteiger partial charge in [0.15, 0.2) is 16.4 Å². The monoisotopic (exact) mass is 357 g/mol. The number of sulfone groups is 1. The van der Waals surface area contributed by atoms with Gasteiger partial charge in [-0.2, -0.15) is 0 Å². The van der Waals surface area contributed by atoms with Crippen LogP contribution in [0.2, 0.25) is 0 Å². The van der Waals surface area contributed by atoms with E-state index in [0.717, 1.165) is 0 Å². The Kier molecular flexibility index (Phi) is 5.71. The van der Waals surface area contributed by atoms with Gasteiger partial charge in [-0.3, -0.25) is 4.79 Å². The third-order valence-corrected chi connectivity index (χ3v) is 5.46. The maximum absolute atomic E-state index is 12.4. The van der Waals surface area contributed by atoms with E-state index in [0.29, 0.717) is 19.4 Å². The molecule has 2 heterocycles. The predicted octanol–water partition coefficient (Wildman–Crippen LogP) is 0.794. The second kappa shape index (κ2) is 7.56. The van der Waals surface area contributed by atoms with Crippen molar-refractivity contribution in [3.8, 4) is 5.75 Å². The van der Waals surface area contributed by atoms with Crippen LogP contribution in [-0.2, 0) is 14.6 Å². The first-order valence-corrected chi connectivity index (χ1v) is 9.38. The molecule has 24 heavy (non-hydrogen) atoms. The summed E-state index contributed by atoms with van der Waals surface area (Å²) in [7, 11) is -3.11. The Bertz CT molecular complexity index is 721. The molecule has 0 bridgehead atoms. The molecule has 0 aromatic carbocycles. The van der Waals surface area contributed by atoms with E-state index in [2.05, 4.69) is 4.98 Å². The van der Waals surface area contributed by atoms with Gasteiger partial charge in [0.05, 0.1) is 11.5 Å². The first-order valence-electron chi connectivity index (χ1n) is 7.56. The van der Waals surface area contributed by atoms with Crippen molar-refractivity contribution in [3.63, 3.8) is 0 Å². The molecule has 1 atom stereocenters. The summed E-state index contributed by atoms with van der Waals surface area (Å²) in [4.78, 5) is 27.7. The van der Waals surface area contributed by atoms with Gasteiger partial charge >= 0.3 is 5.82 Å². The standard InChI is InChI=1S/C14H19N3O6S/c1-2-7-16(11-5-8-24(21,22)10-11)13(18)9-23-12-4-3-6-15-14(12)17(19)20/h3-4,6,11H,2,5,7-10H2,1H3/t11-/m1/s1. The molecule has 9 nitrogen and oxygen atoms in total. The van der Waals surface area contributed by atoms with Crippen LogP contribution in [0, 0.1) is 10.1 Å². The normalized spacial score (nSPS) is 19.0. The summed E-state index contributed by atoms with van der Waals surface area (Å²) < 4.78 is 28.5. The fourth-order valence-electron chi connectivity index (χ4n) is 2.63. The van der Waals surface area contributed by atoms with Crippen LogP contribution in [0.15, 0.2) is 18.3 Å². The molecule has 1 aromatic rings. The van der Waals surface area contributed by atoms with Crippen LogP contribution in [0.3, 0.4) is 0 Å². The zero-order chi connectivity index (χ0) is 17.7. The van der Waals surface area contributed by atoms with E-state index in [1.807, 2.05) is 6.92 Å². The molecule has 1 aliphatic heterocycles. The molecule has 10 heteroatoms. The summed E-state index contributed by atoms with van der Waals surface area (Å²) in [6, 6.07) is 2.47. The summed E-state index contributed by atoms with van der Waals surface area (Å²) in [5.74, 6) is -0.925. The number of rotatable bonds is 7. The third kappa shape index (κ3) is 4.40. The summed E-state index contributed by atoms with van der Waals surface area (Å²) in [6.07, 6.45) is 2.34. The highest BCUT2D eigenvalue weighted by Crippen LogP contribution is 2.23. The van der Waals surface area contributed by atoms with Crippen molar-refractivity contribution < 1.29 is 22.9 Å².